The number of esters is 1. The van der Waals surface area contributed by atoms with Crippen molar-refractivity contribution in [1.82, 2.24) is 0 Å². The van der Waals surface area contributed by atoms with E-state index in [0.717, 1.165) is 0 Å². The zero-order valence-electron chi connectivity index (χ0n) is 14.2. The predicted molar refractivity (Wildman–Crippen MR) is 93.5 cm³/mol. The van der Waals surface area contributed by atoms with Crippen LogP contribution in [0.5, 0.6) is 5.75 Å². The lowest BCUT2D eigenvalue weighted by Crippen LogP contribution is -2.30. The van der Waals surface area contributed by atoms with Gasteiger partial charge in [-0.1, -0.05) is 24.3 Å². The molecule has 6 heteroatoms. The van der Waals surface area contributed by atoms with E-state index in [2.05, 4.69) is 5.32 Å². The highest BCUT2D eigenvalue weighted by molar-refractivity contribution is 5.98. The topological polar surface area (TPSA) is 84.9 Å². The molecule has 2 N–H and O–H groups in total. The molecule has 0 spiro atoms. The number of amides is 1. The SMILES string of the molecule is CCOc1ccccc1NC(=O)[C@@H](C)OC(=O)c1ccc(CO)cc1. The number of hydrogen-bond acceptors (Lipinski definition) is 5. The number of ether oxygens (including phenoxy) is 2. The van der Waals surface area contributed by atoms with E-state index < -0.39 is 18.0 Å². The second-order valence-electron chi connectivity index (χ2n) is 5.32. The average Bonchev–Trinajstić information content (AvgIpc) is 2.63. The first kappa shape index (κ1) is 18.5. The monoisotopic (exact) mass is 343 g/mol. The first-order chi connectivity index (χ1) is 12.0. The van der Waals surface area contributed by atoms with Gasteiger partial charge >= 0.3 is 5.97 Å². The number of para-hydroxylation sites is 2. The molecule has 0 aromatic heterocycles. The molecule has 0 saturated carbocycles. The summed E-state index contributed by atoms with van der Waals surface area (Å²) in [5, 5.41) is 11.7. The second-order valence-corrected chi connectivity index (χ2v) is 5.32. The molecule has 2 aromatic rings. The Kier molecular flexibility index (Phi) is 6.54. The smallest absolute Gasteiger partial charge is 0.338 e. The quantitative estimate of drug-likeness (QED) is 0.755. The van der Waals surface area contributed by atoms with Crippen LogP contribution in [0, 0.1) is 0 Å². The summed E-state index contributed by atoms with van der Waals surface area (Å²) in [6.45, 7) is 3.72. The highest BCUT2D eigenvalue weighted by atomic mass is 16.5. The lowest BCUT2D eigenvalue weighted by molar-refractivity contribution is -0.123. The third-order valence-corrected chi connectivity index (χ3v) is 3.47. The number of benzene rings is 2. The number of rotatable bonds is 7. The fraction of sp³-hybridized carbons (Fsp3) is 0.263. The molecule has 1 amide bonds. The molecule has 0 fully saturated rings. The van der Waals surface area contributed by atoms with E-state index in [9.17, 15) is 9.59 Å². The van der Waals surface area contributed by atoms with Crippen molar-refractivity contribution < 1.29 is 24.2 Å². The lowest BCUT2D eigenvalue weighted by atomic mass is 10.1. The average molecular weight is 343 g/mol. The van der Waals surface area contributed by atoms with Crippen molar-refractivity contribution >= 4 is 17.6 Å². The van der Waals surface area contributed by atoms with Gasteiger partial charge in [-0.3, -0.25) is 4.79 Å². The van der Waals surface area contributed by atoms with Gasteiger partial charge in [0.15, 0.2) is 6.10 Å². The Morgan fingerprint density at radius 1 is 1.12 bits per heavy atom. The third kappa shape index (κ3) is 5.06. The fourth-order valence-electron chi connectivity index (χ4n) is 2.11. The van der Waals surface area contributed by atoms with Gasteiger partial charge in [0.05, 0.1) is 24.5 Å². The van der Waals surface area contributed by atoms with Crippen molar-refractivity contribution in [3.8, 4) is 5.75 Å². The standard InChI is InChI=1S/C19H21NO5/c1-3-24-17-7-5-4-6-16(17)20-18(22)13(2)25-19(23)15-10-8-14(12-21)9-11-15/h4-11,13,21H,3,12H2,1-2H3,(H,20,22)/t13-/m1/s1. The summed E-state index contributed by atoms with van der Waals surface area (Å²) < 4.78 is 10.6. The number of hydrogen-bond donors (Lipinski definition) is 2. The fourth-order valence-corrected chi connectivity index (χ4v) is 2.11. The Balaban J connectivity index is 1.98. The number of aliphatic hydroxyl groups excluding tert-OH is 1. The molecular weight excluding hydrogens is 322 g/mol. The number of aliphatic hydroxyl groups is 1. The molecule has 0 unspecified atom stereocenters. The van der Waals surface area contributed by atoms with E-state index in [1.54, 1.807) is 48.5 Å². The molecule has 0 aliphatic carbocycles. The van der Waals surface area contributed by atoms with Gasteiger partial charge < -0.3 is 19.9 Å². The van der Waals surface area contributed by atoms with Gasteiger partial charge in [-0.05, 0) is 43.7 Å². The molecule has 0 saturated heterocycles. The van der Waals surface area contributed by atoms with Gasteiger partial charge in [0.2, 0.25) is 0 Å². The van der Waals surface area contributed by atoms with Crippen molar-refractivity contribution in [1.29, 1.82) is 0 Å². The van der Waals surface area contributed by atoms with E-state index in [4.69, 9.17) is 14.6 Å². The first-order valence-corrected chi connectivity index (χ1v) is 7.98. The molecule has 25 heavy (non-hydrogen) atoms. The Hall–Kier alpha value is -2.86. The number of nitrogens with one attached hydrogen (secondary N) is 1. The van der Waals surface area contributed by atoms with Gasteiger partial charge in [-0.2, -0.15) is 0 Å². The summed E-state index contributed by atoms with van der Waals surface area (Å²) >= 11 is 0. The Bertz CT molecular complexity index is 727. The summed E-state index contributed by atoms with van der Waals surface area (Å²) in [6, 6.07) is 13.4. The highest BCUT2D eigenvalue weighted by Crippen LogP contribution is 2.24. The van der Waals surface area contributed by atoms with Crippen LogP contribution in [0.1, 0.15) is 29.8 Å². The number of carbonyl (C=O) groups is 2. The second kappa shape index (κ2) is 8.84. The Morgan fingerprint density at radius 3 is 2.44 bits per heavy atom. The molecule has 1 atom stereocenters. The van der Waals surface area contributed by atoms with Crippen LogP contribution in [0.2, 0.25) is 0 Å². The normalized spacial score (nSPS) is 11.5. The summed E-state index contributed by atoms with van der Waals surface area (Å²) in [6.07, 6.45) is -0.972. The van der Waals surface area contributed by atoms with E-state index >= 15 is 0 Å². The van der Waals surface area contributed by atoms with Gasteiger partial charge in [0.25, 0.3) is 5.91 Å². The Morgan fingerprint density at radius 2 is 1.80 bits per heavy atom. The summed E-state index contributed by atoms with van der Waals surface area (Å²) in [4.78, 5) is 24.4. The summed E-state index contributed by atoms with van der Waals surface area (Å²) in [5.74, 6) is -0.505. The maximum absolute atomic E-state index is 12.3. The molecule has 0 aliphatic heterocycles. The van der Waals surface area contributed by atoms with Crippen molar-refractivity contribution in [3.05, 3.63) is 59.7 Å². The molecule has 0 heterocycles. The van der Waals surface area contributed by atoms with Crippen LogP contribution < -0.4 is 10.1 Å². The minimum atomic E-state index is -0.972. The van der Waals surface area contributed by atoms with Crippen LogP contribution in [0.3, 0.4) is 0 Å². The van der Waals surface area contributed by atoms with Crippen molar-refractivity contribution in [2.75, 3.05) is 11.9 Å². The van der Waals surface area contributed by atoms with Crippen LogP contribution in [0.15, 0.2) is 48.5 Å². The predicted octanol–water partition coefficient (Wildman–Crippen LogP) is 2.76. The van der Waals surface area contributed by atoms with Gasteiger partial charge in [-0.15, -0.1) is 0 Å². The molecule has 2 rings (SSSR count). The largest absolute Gasteiger partial charge is 0.492 e. The maximum atomic E-state index is 12.3. The number of carbonyl (C=O) groups excluding carboxylic acids is 2. The highest BCUT2D eigenvalue weighted by Gasteiger charge is 2.20. The van der Waals surface area contributed by atoms with E-state index in [0.29, 0.717) is 29.2 Å². The van der Waals surface area contributed by atoms with Crippen LogP contribution in [-0.2, 0) is 16.1 Å². The van der Waals surface area contributed by atoms with Crippen LogP contribution in [0.25, 0.3) is 0 Å². The molecule has 0 aliphatic rings. The molecule has 6 nitrogen and oxygen atoms in total. The van der Waals surface area contributed by atoms with Gasteiger partial charge in [0, 0.05) is 0 Å². The van der Waals surface area contributed by atoms with Crippen molar-refractivity contribution in [2.45, 2.75) is 26.6 Å². The zero-order valence-corrected chi connectivity index (χ0v) is 14.2. The molecule has 132 valence electrons. The maximum Gasteiger partial charge on any atom is 0.338 e. The van der Waals surface area contributed by atoms with Crippen LogP contribution in [0.4, 0.5) is 5.69 Å². The summed E-state index contributed by atoms with van der Waals surface area (Å²) in [5.41, 5.74) is 1.52. The molecule has 0 bridgehead atoms. The van der Waals surface area contributed by atoms with Crippen LogP contribution >= 0.6 is 0 Å². The zero-order chi connectivity index (χ0) is 18.2. The minimum absolute atomic E-state index is 0.104. The van der Waals surface area contributed by atoms with Gasteiger partial charge in [0.1, 0.15) is 5.75 Å². The van der Waals surface area contributed by atoms with E-state index in [-0.39, 0.29) is 6.61 Å². The summed E-state index contributed by atoms with van der Waals surface area (Å²) in [7, 11) is 0. The lowest BCUT2D eigenvalue weighted by Gasteiger charge is -2.15. The molecular formula is C19H21NO5. The number of anilines is 1. The van der Waals surface area contributed by atoms with Crippen molar-refractivity contribution in [3.63, 3.8) is 0 Å². The molecule has 0 radical (unpaired) electrons. The van der Waals surface area contributed by atoms with Crippen LogP contribution in [-0.4, -0.2) is 29.7 Å². The third-order valence-electron chi connectivity index (χ3n) is 3.47. The first-order valence-electron chi connectivity index (χ1n) is 7.98. The van der Waals surface area contributed by atoms with E-state index in [1.165, 1.54) is 6.92 Å². The minimum Gasteiger partial charge on any atom is -0.492 e. The molecule has 2 aromatic carbocycles. The van der Waals surface area contributed by atoms with Crippen molar-refractivity contribution in [2.24, 2.45) is 0 Å². The van der Waals surface area contributed by atoms with E-state index in [1.807, 2.05) is 6.92 Å². The van der Waals surface area contributed by atoms with Gasteiger partial charge in [-0.25, -0.2) is 4.79 Å². The Labute approximate surface area is 146 Å².